The van der Waals surface area contributed by atoms with Gasteiger partial charge in [0.25, 0.3) is 0 Å². The number of halogens is 2. The molecular weight excluding hydrogens is 497 g/mol. The summed E-state index contributed by atoms with van der Waals surface area (Å²) in [5.74, 6) is 2.47. The van der Waals surface area contributed by atoms with Crippen LogP contribution in [0.5, 0.6) is 11.5 Å². The zero-order valence-corrected chi connectivity index (χ0v) is 21.7. The van der Waals surface area contributed by atoms with Crippen molar-refractivity contribution in [1.82, 2.24) is 20.2 Å². The minimum absolute atomic E-state index is 0.431. The summed E-state index contributed by atoms with van der Waals surface area (Å²) in [4.78, 5) is 11.6. The van der Waals surface area contributed by atoms with Gasteiger partial charge >= 0.3 is 0 Å². The Balaban J connectivity index is 1.36. The number of hydrogen-bond donors (Lipinski definition) is 2. The zero-order valence-electron chi connectivity index (χ0n) is 20.1. The molecule has 0 atom stereocenters. The first-order valence-electron chi connectivity index (χ1n) is 11.7. The Morgan fingerprint density at radius 3 is 2.25 bits per heavy atom. The molecule has 1 fully saturated rings. The molecular formula is C27H27Cl2N5O2. The smallest absolute Gasteiger partial charge is 0.141 e. The molecule has 1 aliphatic heterocycles. The van der Waals surface area contributed by atoms with E-state index in [-0.39, 0.29) is 0 Å². The molecule has 1 aliphatic rings. The third-order valence-electron chi connectivity index (χ3n) is 6.28. The van der Waals surface area contributed by atoms with Crippen molar-refractivity contribution in [3.63, 3.8) is 0 Å². The Hall–Kier alpha value is -3.10. The van der Waals surface area contributed by atoms with Crippen LogP contribution >= 0.6 is 23.2 Å². The van der Waals surface area contributed by atoms with E-state index in [0.717, 1.165) is 60.7 Å². The van der Waals surface area contributed by atoms with Crippen molar-refractivity contribution in [3.8, 4) is 22.6 Å². The number of fused-ring (bicyclic) bond motifs is 1. The summed E-state index contributed by atoms with van der Waals surface area (Å²) >= 11 is 13.2. The van der Waals surface area contributed by atoms with Gasteiger partial charge in [-0.1, -0.05) is 41.4 Å². The highest BCUT2D eigenvalue weighted by Gasteiger charge is 2.19. The van der Waals surface area contributed by atoms with Crippen LogP contribution in [0.3, 0.4) is 0 Å². The van der Waals surface area contributed by atoms with Crippen molar-refractivity contribution in [2.24, 2.45) is 0 Å². The maximum Gasteiger partial charge on any atom is 0.141 e. The molecule has 5 rings (SSSR count). The van der Waals surface area contributed by atoms with E-state index < -0.39 is 0 Å². The molecule has 2 aromatic heterocycles. The minimum atomic E-state index is 0.431. The standard InChI is InChI=1S/C27H27Cl2N5O2/c1-35-21-13-22(36-2)27(29)25(26(21)28)19-5-4-18-12-24(32-15-20(18)11-19)33-23-6-3-17(14-31-23)16-34-9-7-30-8-10-34/h3-6,11-15,30H,7-10,16H2,1-2H3,(H,31,32,33). The first kappa shape index (κ1) is 24.6. The Labute approximate surface area is 220 Å². The fourth-order valence-corrected chi connectivity index (χ4v) is 5.07. The first-order valence-corrected chi connectivity index (χ1v) is 12.5. The summed E-state index contributed by atoms with van der Waals surface area (Å²) in [5, 5.41) is 9.51. The number of methoxy groups -OCH3 is 2. The Bertz CT molecular complexity index is 1350. The van der Waals surface area contributed by atoms with E-state index in [4.69, 9.17) is 32.7 Å². The summed E-state index contributed by atoms with van der Waals surface area (Å²) in [7, 11) is 3.12. The number of nitrogens with zero attached hydrogens (tertiary/aromatic N) is 3. The Morgan fingerprint density at radius 1 is 0.861 bits per heavy atom. The first-order chi connectivity index (χ1) is 17.6. The summed E-state index contributed by atoms with van der Waals surface area (Å²) in [6, 6.07) is 13.8. The van der Waals surface area contributed by atoms with Crippen LogP contribution in [0.25, 0.3) is 21.9 Å². The average Bonchev–Trinajstić information content (AvgIpc) is 2.91. The van der Waals surface area contributed by atoms with Gasteiger partial charge in [0, 0.05) is 62.1 Å². The van der Waals surface area contributed by atoms with Crippen LogP contribution in [0, 0.1) is 0 Å². The van der Waals surface area contributed by atoms with E-state index in [0.29, 0.717) is 27.1 Å². The van der Waals surface area contributed by atoms with Crippen molar-refractivity contribution in [1.29, 1.82) is 0 Å². The molecule has 0 radical (unpaired) electrons. The predicted molar refractivity (Wildman–Crippen MR) is 146 cm³/mol. The molecule has 0 spiro atoms. The van der Waals surface area contributed by atoms with E-state index >= 15 is 0 Å². The van der Waals surface area contributed by atoms with Gasteiger partial charge < -0.3 is 20.1 Å². The van der Waals surface area contributed by atoms with Gasteiger partial charge in [0.2, 0.25) is 0 Å². The van der Waals surface area contributed by atoms with Crippen molar-refractivity contribution >= 4 is 45.6 Å². The zero-order chi connectivity index (χ0) is 25.1. The lowest BCUT2D eigenvalue weighted by molar-refractivity contribution is 0.233. The summed E-state index contributed by atoms with van der Waals surface area (Å²) in [6.07, 6.45) is 3.74. The molecule has 2 N–H and O–H groups in total. The Kier molecular flexibility index (Phi) is 7.43. The number of benzene rings is 2. The molecule has 0 amide bonds. The van der Waals surface area contributed by atoms with Gasteiger partial charge in [-0.3, -0.25) is 4.90 Å². The van der Waals surface area contributed by atoms with Gasteiger partial charge in [-0.15, -0.1) is 0 Å². The topological polar surface area (TPSA) is 71.5 Å². The van der Waals surface area contributed by atoms with Gasteiger partial charge in [0.05, 0.1) is 24.3 Å². The molecule has 4 aromatic rings. The summed E-state index contributed by atoms with van der Waals surface area (Å²) in [5.41, 5.74) is 2.70. The number of nitrogens with one attached hydrogen (secondary N) is 2. The molecule has 0 saturated carbocycles. The number of anilines is 2. The van der Waals surface area contributed by atoms with Crippen LogP contribution in [-0.2, 0) is 6.54 Å². The van der Waals surface area contributed by atoms with Gasteiger partial charge in [0.1, 0.15) is 23.1 Å². The third-order valence-corrected chi connectivity index (χ3v) is 7.03. The number of ether oxygens (including phenoxy) is 2. The molecule has 9 heteroatoms. The van der Waals surface area contributed by atoms with E-state index in [1.165, 1.54) is 5.56 Å². The van der Waals surface area contributed by atoms with Gasteiger partial charge in [0.15, 0.2) is 0 Å². The maximum atomic E-state index is 6.61. The lowest BCUT2D eigenvalue weighted by Gasteiger charge is -2.27. The predicted octanol–water partition coefficient (Wildman–Crippen LogP) is 5.77. The van der Waals surface area contributed by atoms with Crippen LogP contribution in [0.1, 0.15) is 5.56 Å². The fourth-order valence-electron chi connectivity index (χ4n) is 4.36. The quantitative estimate of drug-likeness (QED) is 0.318. The number of pyridine rings is 2. The second-order valence-corrected chi connectivity index (χ2v) is 9.37. The van der Waals surface area contributed by atoms with Crippen LogP contribution in [-0.4, -0.2) is 55.3 Å². The molecule has 0 aliphatic carbocycles. The highest BCUT2D eigenvalue weighted by atomic mass is 35.5. The molecule has 36 heavy (non-hydrogen) atoms. The van der Waals surface area contributed by atoms with Crippen molar-refractivity contribution < 1.29 is 9.47 Å². The largest absolute Gasteiger partial charge is 0.495 e. The van der Waals surface area contributed by atoms with Crippen LogP contribution in [0.4, 0.5) is 11.6 Å². The number of hydrogen-bond acceptors (Lipinski definition) is 7. The van der Waals surface area contributed by atoms with E-state index in [2.05, 4.69) is 31.6 Å². The Morgan fingerprint density at radius 2 is 1.58 bits per heavy atom. The van der Waals surface area contributed by atoms with Gasteiger partial charge in [-0.05, 0) is 34.7 Å². The van der Waals surface area contributed by atoms with Crippen molar-refractivity contribution in [3.05, 3.63) is 70.5 Å². The number of rotatable bonds is 7. The van der Waals surface area contributed by atoms with E-state index in [1.54, 1.807) is 20.3 Å². The fraction of sp³-hybridized carbons (Fsp3) is 0.259. The molecule has 0 bridgehead atoms. The SMILES string of the molecule is COc1cc(OC)c(Cl)c(-c2ccc3cc(Nc4ccc(CN5CCNCC5)cn4)ncc3c2)c1Cl. The lowest BCUT2D eigenvalue weighted by atomic mass is 10.0. The van der Waals surface area contributed by atoms with Crippen molar-refractivity contribution in [2.75, 3.05) is 45.7 Å². The summed E-state index contributed by atoms with van der Waals surface area (Å²) in [6.45, 7) is 5.11. The molecule has 0 unspecified atom stereocenters. The van der Waals surface area contributed by atoms with Crippen LogP contribution in [0.15, 0.2) is 54.9 Å². The second-order valence-electron chi connectivity index (χ2n) is 8.62. The van der Waals surface area contributed by atoms with Gasteiger partial charge in [-0.2, -0.15) is 0 Å². The molecule has 3 heterocycles. The lowest BCUT2D eigenvalue weighted by Crippen LogP contribution is -2.42. The van der Waals surface area contributed by atoms with Gasteiger partial charge in [-0.25, -0.2) is 9.97 Å². The molecule has 2 aromatic carbocycles. The normalized spacial score (nSPS) is 14.1. The molecule has 186 valence electrons. The van der Waals surface area contributed by atoms with Crippen LogP contribution in [0.2, 0.25) is 10.0 Å². The van der Waals surface area contributed by atoms with E-state index in [1.807, 2.05) is 42.7 Å². The second kappa shape index (κ2) is 10.9. The minimum Gasteiger partial charge on any atom is -0.495 e. The van der Waals surface area contributed by atoms with Crippen molar-refractivity contribution in [2.45, 2.75) is 6.54 Å². The monoisotopic (exact) mass is 523 g/mol. The number of piperazine rings is 1. The highest BCUT2D eigenvalue weighted by Crippen LogP contribution is 2.46. The number of aromatic nitrogens is 2. The highest BCUT2D eigenvalue weighted by molar-refractivity contribution is 6.41. The third kappa shape index (κ3) is 5.20. The van der Waals surface area contributed by atoms with E-state index in [9.17, 15) is 0 Å². The molecule has 1 saturated heterocycles. The average molecular weight is 524 g/mol. The molecule has 7 nitrogen and oxygen atoms in total. The maximum absolute atomic E-state index is 6.61. The van der Waals surface area contributed by atoms with Crippen LogP contribution < -0.4 is 20.1 Å². The summed E-state index contributed by atoms with van der Waals surface area (Å²) < 4.78 is 10.8.